The Hall–Kier alpha value is -3.36. The van der Waals surface area contributed by atoms with E-state index in [9.17, 15) is 18.1 Å². The summed E-state index contributed by atoms with van der Waals surface area (Å²) in [5, 5.41) is 11.5. The van der Waals surface area contributed by atoms with Gasteiger partial charge in [0.1, 0.15) is 35.7 Å². The van der Waals surface area contributed by atoms with Crippen LogP contribution in [0.3, 0.4) is 0 Å². The number of fused-ring (bicyclic) bond motifs is 1. The molecule has 3 aromatic rings. The van der Waals surface area contributed by atoms with E-state index in [2.05, 4.69) is 9.71 Å². The van der Waals surface area contributed by atoms with Crippen LogP contribution in [-0.2, 0) is 16.7 Å². The van der Waals surface area contributed by atoms with Gasteiger partial charge in [0, 0.05) is 17.6 Å². The van der Waals surface area contributed by atoms with Gasteiger partial charge in [0.15, 0.2) is 5.13 Å². The van der Waals surface area contributed by atoms with Crippen LogP contribution < -0.4 is 19.1 Å². The minimum atomic E-state index is -4.05. The van der Waals surface area contributed by atoms with Crippen LogP contribution in [0.2, 0.25) is 0 Å². The van der Waals surface area contributed by atoms with E-state index in [0.29, 0.717) is 35.0 Å². The monoisotopic (exact) mass is 460 g/mol. The second-order valence-corrected chi connectivity index (χ2v) is 9.06. The van der Waals surface area contributed by atoms with Crippen molar-refractivity contribution in [1.29, 1.82) is 5.26 Å². The van der Waals surface area contributed by atoms with Gasteiger partial charge >= 0.3 is 0 Å². The van der Waals surface area contributed by atoms with E-state index >= 15 is 0 Å². The Bertz CT molecular complexity index is 1260. The minimum absolute atomic E-state index is 0.0438. The molecule has 4 rings (SSSR count). The molecule has 0 bridgehead atoms. The van der Waals surface area contributed by atoms with Gasteiger partial charge in [0.2, 0.25) is 0 Å². The first-order chi connectivity index (χ1) is 15.0. The zero-order valence-electron chi connectivity index (χ0n) is 16.3. The molecule has 0 aliphatic carbocycles. The number of nitrogens with zero attached hydrogens (tertiary/aromatic N) is 3. The number of anilines is 3. The normalized spacial score (nSPS) is 13.1. The highest BCUT2D eigenvalue weighted by atomic mass is 32.2. The molecule has 2 aromatic carbocycles. The van der Waals surface area contributed by atoms with Gasteiger partial charge in [0.25, 0.3) is 10.0 Å². The molecule has 0 unspecified atom stereocenters. The molecule has 0 saturated heterocycles. The Balaban J connectivity index is 1.79. The van der Waals surface area contributed by atoms with Crippen LogP contribution in [0.4, 0.5) is 20.9 Å². The minimum Gasteiger partial charge on any atom is -0.495 e. The molecule has 0 saturated carbocycles. The van der Waals surface area contributed by atoms with E-state index in [1.165, 1.54) is 25.4 Å². The van der Waals surface area contributed by atoms with Crippen molar-refractivity contribution in [2.75, 3.05) is 29.9 Å². The zero-order valence-corrected chi connectivity index (χ0v) is 18.0. The van der Waals surface area contributed by atoms with Crippen LogP contribution in [0, 0.1) is 11.3 Å². The van der Waals surface area contributed by atoms with E-state index in [4.69, 9.17) is 9.47 Å². The third-order valence-electron chi connectivity index (χ3n) is 4.68. The van der Waals surface area contributed by atoms with E-state index in [-0.39, 0.29) is 22.2 Å². The van der Waals surface area contributed by atoms with Crippen molar-refractivity contribution in [3.63, 3.8) is 0 Å². The largest absolute Gasteiger partial charge is 0.495 e. The number of hydrogen-bond donors (Lipinski definition) is 1. The molecule has 0 radical (unpaired) electrons. The molecule has 8 nitrogen and oxygen atoms in total. The molecule has 2 heterocycles. The van der Waals surface area contributed by atoms with Gasteiger partial charge in [-0.3, -0.25) is 4.72 Å². The van der Waals surface area contributed by atoms with Gasteiger partial charge in [-0.05, 0) is 23.8 Å². The van der Waals surface area contributed by atoms with Crippen molar-refractivity contribution in [2.45, 2.75) is 11.6 Å². The number of alkyl halides is 1. The lowest BCUT2D eigenvalue weighted by molar-refractivity contribution is 0.312. The van der Waals surface area contributed by atoms with Crippen molar-refractivity contribution < 1.29 is 22.3 Å². The quantitative estimate of drug-likeness (QED) is 0.596. The predicted molar refractivity (Wildman–Crippen MR) is 114 cm³/mol. The lowest BCUT2D eigenvalue weighted by Crippen LogP contribution is -2.29. The van der Waals surface area contributed by atoms with Crippen molar-refractivity contribution in [2.24, 2.45) is 0 Å². The summed E-state index contributed by atoms with van der Waals surface area (Å²) in [6.45, 7) is 0.0984. The number of thiazole rings is 1. The third kappa shape index (κ3) is 3.99. The molecule has 0 atom stereocenters. The Kier molecular flexibility index (Phi) is 5.67. The average Bonchev–Trinajstić information content (AvgIpc) is 3.29. The first kappa shape index (κ1) is 20.9. The fourth-order valence-electron chi connectivity index (χ4n) is 3.28. The SMILES string of the molecule is COc1cc(CF)ccc1N1CCOc2cc(S(=O)(=O)Nc3nccs3)c(C#N)cc21. The zero-order chi connectivity index (χ0) is 22.0. The Morgan fingerprint density at radius 2 is 2.19 bits per heavy atom. The number of sulfonamides is 1. The topological polar surface area (TPSA) is 105 Å². The molecule has 1 aromatic heterocycles. The molecule has 0 amide bonds. The van der Waals surface area contributed by atoms with Crippen LogP contribution in [0.1, 0.15) is 11.1 Å². The number of nitrogens with one attached hydrogen (secondary N) is 1. The molecule has 0 fully saturated rings. The number of nitriles is 1. The number of halogens is 1. The smallest absolute Gasteiger partial charge is 0.265 e. The van der Waals surface area contributed by atoms with Crippen LogP contribution in [0.15, 0.2) is 46.8 Å². The molecule has 1 aliphatic heterocycles. The summed E-state index contributed by atoms with van der Waals surface area (Å²) >= 11 is 1.13. The third-order valence-corrected chi connectivity index (χ3v) is 6.87. The predicted octanol–water partition coefficient (Wildman–Crippen LogP) is 3.82. The van der Waals surface area contributed by atoms with E-state index in [0.717, 1.165) is 11.3 Å². The number of benzene rings is 2. The van der Waals surface area contributed by atoms with Crippen molar-refractivity contribution in [3.05, 3.63) is 53.0 Å². The second-order valence-electron chi connectivity index (χ2n) is 6.51. The maximum absolute atomic E-state index is 13.1. The maximum Gasteiger partial charge on any atom is 0.265 e. The molecule has 1 aliphatic rings. The fraction of sp³-hybridized carbons (Fsp3) is 0.200. The van der Waals surface area contributed by atoms with E-state index in [1.54, 1.807) is 23.6 Å². The molecular formula is C20H17FN4O4S2. The van der Waals surface area contributed by atoms with Gasteiger partial charge in [0.05, 0.1) is 30.6 Å². The number of ether oxygens (including phenoxy) is 2. The van der Waals surface area contributed by atoms with Crippen molar-refractivity contribution in [1.82, 2.24) is 4.98 Å². The molecule has 31 heavy (non-hydrogen) atoms. The summed E-state index contributed by atoms with van der Waals surface area (Å²) in [4.78, 5) is 5.57. The highest BCUT2D eigenvalue weighted by Crippen LogP contribution is 2.43. The second kappa shape index (κ2) is 8.41. The molecule has 160 valence electrons. The van der Waals surface area contributed by atoms with Gasteiger partial charge in [-0.15, -0.1) is 11.3 Å². The van der Waals surface area contributed by atoms with Gasteiger partial charge < -0.3 is 14.4 Å². The summed E-state index contributed by atoms with van der Waals surface area (Å²) in [6.07, 6.45) is 1.48. The standard InChI is InChI=1S/C20H17FN4O4S2/c1-28-17-8-13(11-21)2-3-15(17)25-5-6-29-18-10-19(14(12-22)9-16(18)25)31(26,27)24-20-23-4-7-30-20/h2-4,7-10H,5-6,11H2,1H3,(H,23,24). The molecular weight excluding hydrogens is 443 g/mol. The summed E-state index contributed by atoms with van der Waals surface area (Å²) < 4.78 is 52.3. The summed E-state index contributed by atoms with van der Waals surface area (Å²) in [5.74, 6) is 0.769. The summed E-state index contributed by atoms with van der Waals surface area (Å²) in [6, 6.07) is 9.73. The fourth-order valence-corrected chi connectivity index (χ4v) is 5.22. The van der Waals surface area contributed by atoms with E-state index < -0.39 is 16.7 Å². The Morgan fingerprint density at radius 3 is 2.87 bits per heavy atom. The average molecular weight is 461 g/mol. The van der Waals surface area contributed by atoms with Crippen LogP contribution in [0.5, 0.6) is 11.5 Å². The van der Waals surface area contributed by atoms with E-state index in [1.807, 2.05) is 11.0 Å². The maximum atomic E-state index is 13.1. The van der Waals surface area contributed by atoms with Gasteiger partial charge in [-0.1, -0.05) is 6.07 Å². The van der Waals surface area contributed by atoms with Crippen molar-refractivity contribution in [3.8, 4) is 17.6 Å². The highest BCUT2D eigenvalue weighted by Gasteiger charge is 2.28. The van der Waals surface area contributed by atoms with Crippen LogP contribution >= 0.6 is 11.3 Å². The lowest BCUT2D eigenvalue weighted by Gasteiger charge is -2.32. The molecule has 11 heteroatoms. The van der Waals surface area contributed by atoms with Gasteiger partial charge in [-0.25, -0.2) is 17.8 Å². The Labute approximate surface area is 182 Å². The lowest BCUT2D eigenvalue weighted by atomic mass is 10.1. The highest BCUT2D eigenvalue weighted by molar-refractivity contribution is 7.93. The van der Waals surface area contributed by atoms with Crippen molar-refractivity contribution >= 4 is 37.9 Å². The number of aromatic nitrogens is 1. The molecule has 0 spiro atoms. The number of rotatable bonds is 6. The van der Waals surface area contributed by atoms with Gasteiger partial charge in [-0.2, -0.15) is 5.26 Å². The summed E-state index contributed by atoms with van der Waals surface area (Å²) in [5.41, 5.74) is 1.60. The number of hydrogen-bond acceptors (Lipinski definition) is 8. The van der Waals surface area contributed by atoms with Crippen LogP contribution in [-0.4, -0.2) is 33.7 Å². The van der Waals surface area contributed by atoms with Crippen LogP contribution in [0.25, 0.3) is 0 Å². The molecule has 1 N–H and O–H groups in total. The Morgan fingerprint density at radius 1 is 1.35 bits per heavy atom. The summed E-state index contributed by atoms with van der Waals surface area (Å²) in [7, 11) is -2.56. The first-order valence-electron chi connectivity index (χ1n) is 9.10. The number of methoxy groups -OCH3 is 1. The first-order valence-corrected chi connectivity index (χ1v) is 11.5.